The molecule has 0 spiro atoms. The summed E-state index contributed by atoms with van der Waals surface area (Å²) in [6.45, 7) is 7.72. The van der Waals surface area contributed by atoms with E-state index in [9.17, 15) is 4.11 Å². The molecule has 11 heavy (non-hydrogen) atoms. The van der Waals surface area contributed by atoms with Gasteiger partial charge in [0.15, 0.2) is 0 Å². The highest BCUT2D eigenvalue weighted by Crippen LogP contribution is 2.25. The van der Waals surface area contributed by atoms with Gasteiger partial charge in [-0.25, -0.2) is 0 Å². The van der Waals surface area contributed by atoms with Crippen LogP contribution in [-0.2, 0) is 0 Å². The summed E-state index contributed by atoms with van der Waals surface area (Å²) < 4.78 is 13.9. The van der Waals surface area contributed by atoms with Crippen LogP contribution >= 0.6 is 0 Å². The van der Waals surface area contributed by atoms with Gasteiger partial charge in [0.05, 0.1) is 0 Å². The second-order valence-corrected chi connectivity index (χ2v) is 6.85. The van der Waals surface area contributed by atoms with Gasteiger partial charge < -0.3 is 4.11 Å². The van der Waals surface area contributed by atoms with Crippen LogP contribution in [0.1, 0.15) is 26.7 Å². The van der Waals surface area contributed by atoms with Gasteiger partial charge in [0.2, 0.25) is 0 Å². The second kappa shape index (κ2) is 5.53. The number of rotatable bonds is 6. The molecule has 0 N–H and O–H groups in total. The molecule has 0 aromatic carbocycles. The summed E-state index contributed by atoms with van der Waals surface area (Å²) >= 11 is 0. The van der Waals surface area contributed by atoms with Crippen molar-refractivity contribution in [3.8, 4) is 0 Å². The molecule has 0 aliphatic carbocycles. The molecule has 0 rings (SSSR count). The fraction of sp³-hybridized carbons (Fsp3) is 0.778. The Bertz CT molecular complexity index is 106. The van der Waals surface area contributed by atoms with Crippen molar-refractivity contribution in [1.29, 1.82) is 0 Å². The smallest absolute Gasteiger partial charge is 0.250 e. The maximum absolute atomic E-state index is 13.9. The summed E-state index contributed by atoms with van der Waals surface area (Å²) in [6, 6.07) is 2.27. The summed E-state index contributed by atoms with van der Waals surface area (Å²) in [5.74, 6) is 0. The van der Waals surface area contributed by atoms with E-state index in [0.717, 1.165) is 24.9 Å². The maximum Gasteiger partial charge on any atom is 0.250 e. The van der Waals surface area contributed by atoms with Crippen LogP contribution < -0.4 is 0 Å². The molecule has 0 bridgehead atoms. The fourth-order valence-corrected chi connectivity index (χ4v) is 4.45. The van der Waals surface area contributed by atoms with E-state index in [1.807, 2.05) is 0 Å². The molecule has 0 saturated heterocycles. The van der Waals surface area contributed by atoms with Gasteiger partial charge in [0.1, 0.15) is 0 Å². The Morgan fingerprint density at radius 3 is 2.00 bits per heavy atom. The molecule has 0 aliphatic heterocycles. The van der Waals surface area contributed by atoms with Crippen molar-refractivity contribution in [2.24, 2.45) is 0 Å². The van der Waals surface area contributed by atoms with Gasteiger partial charge >= 0.3 is 0 Å². The van der Waals surface area contributed by atoms with Crippen LogP contribution in [-0.4, -0.2) is 8.41 Å². The number of allylic oxidation sites excluding steroid dienone is 1. The zero-order valence-electron chi connectivity index (χ0n) is 7.70. The molecule has 0 fully saturated rings. The summed E-state index contributed by atoms with van der Waals surface area (Å²) in [5, 5.41) is 0. The molecule has 0 atom stereocenters. The van der Waals surface area contributed by atoms with Gasteiger partial charge in [0.25, 0.3) is 8.41 Å². The van der Waals surface area contributed by atoms with Crippen LogP contribution in [0.4, 0.5) is 4.11 Å². The third-order valence-corrected chi connectivity index (χ3v) is 5.72. The molecule has 0 aliphatic rings. The lowest BCUT2D eigenvalue weighted by Gasteiger charge is -2.18. The Hall–Kier alpha value is -0.113. The molecule has 0 aromatic heterocycles. The highest BCUT2D eigenvalue weighted by Gasteiger charge is 2.29. The third-order valence-electron chi connectivity index (χ3n) is 1.91. The van der Waals surface area contributed by atoms with E-state index in [4.69, 9.17) is 0 Å². The predicted octanol–water partition coefficient (Wildman–Crippen LogP) is 3.91. The zero-order valence-corrected chi connectivity index (χ0v) is 8.70. The van der Waals surface area contributed by atoms with E-state index in [1.54, 1.807) is 6.08 Å². The molecule has 0 nitrogen and oxygen atoms in total. The van der Waals surface area contributed by atoms with E-state index in [-0.39, 0.29) is 0 Å². The minimum Gasteiger partial charge on any atom is -0.313 e. The van der Waals surface area contributed by atoms with Gasteiger partial charge in [-0.05, 0) is 18.1 Å². The first-order valence-corrected chi connectivity index (χ1v) is 6.98. The molecule has 0 saturated carbocycles. The zero-order chi connectivity index (χ0) is 8.74. The molecule has 0 amide bonds. The van der Waals surface area contributed by atoms with Gasteiger partial charge in [0, 0.05) is 0 Å². The highest BCUT2D eigenvalue weighted by molar-refractivity contribution is 6.73. The minimum absolute atomic E-state index is 0.648. The molecule has 0 aromatic rings. The van der Waals surface area contributed by atoms with Gasteiger partial charge in [-0.2, -0.15) is 0 Å². The first kappa shape index (κ1) is 10.9. The molecular weight excluding hydrogens is 155 g/mol. The van der Waals surface area contributed by atoms with Crippen molar-refractivity contribution in [2.75, 3.05) is 0 Å². The minimum atomic E-state index is -2.37. The van der Waals surface area contributed by atoms with Crippen LogP contribution in [0.15, 0.2) is 12.7 Å². The average Bonchev–Trinajstić information content (AvgIpc) is 1.88. The Balaban J connectivity index is 3.88. The largest absolute Gasteiger partial charge is 0.313 e. The number of hydrogen-bond acceptors (Lipinski definition) is 0. The van der Waals surface area contributed by atoms with Gasteiger partial charge in [-0.15, -0.1) is 6.58 Å². The highest BCUT2D eigenvalue weighted by atomic mass is 28.4. The summed E-state index contributed by atoms with van der Waals surface area (Å²) in [5.41, 5.74) is 0. The van der Waals surface area contributed by atoms with Crippen molar-refractivity contribution in [3.63, 3.8) is 0 Å². The van der Waals surface area contributed by atoms with Crippen molar-refractivity contribution in [3.05, 3.63) is 12.7 Å². The first-order chi connectivity index (χ1) is 5.18. The van der Waals surface area contributed by atoms with E-state index < -0.39 is 8.41 Å². The standard InChI is InChI=1S/C9H19FSi/c1-4-7-11(10,8-5-2)9-6-3/h4H,1,5-9H2,2-3H3. The lowest BCUT2D eigenvalue weighted by molar-refractivity contribution is 0.730. The van der Waals surface area contributed by atoms with Crippen molar-refractivity contribution in [1.82, 2.24) is 0 Å². The van der Waals surface area contributed by atoms with Crippen molar-refractivity contribution in [2.45, 2.75) is 44.8 Å². The van der Waals surface area contributed by atoms with E-state index in [0.29, 0.717) is 6.04 Å². The number of hydrogen-bond donors (Lipinski definition) is 0. The van der Waals surface area contributed by atoms with Gasteiger partial charge in [-0.3, -0.25) is 0 Å². The van der Waals surface area contributed by atoms with E-state index in [1.165, 1.54) is 0 Å². The Kier molecular flexibility index (Phi) is 5.47. The van der Waals surface area contributed by atoms with Crippen LogP contribution in [0.3, 0.4) is 0 Å². The maximum atomic E-state index is 13.9. The lowest BCUT2D eigenvalue weighted by atomic mass is 10.6. The average molecular weight is 174 g/mol. The normalized spacial score (nSPS) is 11.5. The quantitative estimate of drug-likeness (QED) is 0.325. The molecule has 2 heteroatoms. The predicted molar refractivity (Wildman–Crippen MR) is 52.1 cm³/mol. The number of halogens is 1. The molecular formula is C9H19FSi. The van der Waals surface area contributed by atoms with Crippen LogP contribution in [0.2, 0.25) is 18.1 Å². The molecule has 66 valence electrons. The van der Waals surface area contributed by atoms with Crippen molar-refractivity contribution < 1.29 is 4.11 Å². The van der Waals surface area contributed by atoms with Crippen LogP contribution in [0, 0.1) is 0 Å². The molecule has 0 unspecified atom stereocenters. The van der Waals surface area contributed by atoms with Gasteiger partial charge in [-0.1, -0.05) is 32.8 Å². The summed E-state index contributed by atoms with van der Waals surface area (Å²) in [7, 11) is -2.37. The van der Waals surface area contributed by atoms with E-state index in [2.05, 4.69) is 20.4 Å². The fourth-order valence-electron chi connectivity index (χ4n) is 1.48. The van der Waals surface area contributed by atoms with Crippen LogP contribution in [0.25, 0.3) is 0 Å². The third kappa shape index (κ3) is 4.35. The summed E-state index contributed by atoms with van der Waals surface area (Å²) in [4.78, 5) is 0. The van der Waals surface area contributed by atoms with Crippen LogP contribution in [0.5, 0.6) is 0 Å². The second-order valence-electron chi connectivity index (χ2n) is 3.14. The molecule has 0 radical (unpaired) electrons. The summed E-state index contributed by atoms with van der Waals surface area (Å²) in [6.07, 6.45) is 3.71. The SMILES string of the molecule is C=CC[Si](F)(CCC)CCC. The Morgan fingerprint density at radius 1 is 1.27 bits per heavy atom. The monoisotopic (exact) mass is 174 g/mol. The van der Waals surface area contributed by atoms with Crippen molar-refractivity contribution >= 4 is 8.41 Å². The Morgan fingerprint density at radius 2 is 1.73 bits per heavy atom. The topological polar surface area (TPSA) is 0 Å². The first-order valence-electron chi connectivity index (χ1n) is 4.48. The Labute approximate surface area is 70.7 Å². The molecule has 0 heterocycles. The van der Waals surface area contributed by atoms with E-state index >= 15 is 0 Å². The lowest BCUT2D eigenvalue weighted by Crippen LogP contribution is -2.26.